The van der Waals surface area contributed by atoms with E-state index < -0.39 is 0 Å². The van der Waals surface area contributed by atoms with Crippen LogP contribution in [-0.4, -0.2) is 98.9 Å². The van der Waals surface area contributed by atoms with Crippen molar-refractivity contribution in [3.05, 3.63) is 0 Å². The van der Waals surface area contributed by atoms with Gasteiger partial charge in [0.1, 0.15) is 0 Å². The van der Waals surface area contributed by atoms with Gasteiger partial charge in [0.15, 0.2) is 0 Å². The second-order valence-corrected chi connectivity index (χ2v) is 13.8. The van der Waals surface area contributed by atoms with Crippen LogP contribution < -0.4 is 0 Å². The standard InChI is InChI=1S/C29H50N2O4/c1-23(2)33-20-26(7-8-26)17-30-11-14-35-29(19-30)16-25(29)15-24(3)34-21-27(9-10-27)18-31-12-13-32-22-28(31)5-4-6-28/h23-25H,4-22H2,1-3H3. The van der Waals surface area contributed by atoms with Crippen LogP contribution in [0, 0.1) is 16.7 Å². The maximum atomic E-state index is 6.54. The highest BCUT2D eigenvalue weighted by Gasteiger charge is 2.59. The molecule has 2 spiro atoms. The van der Waals surface area contributed by atoms with Gasteiger partial charge in [-0.15, -0.1) is 0 Å². The van der Waals surface area contributed by atoms with Crippen molar-refractivity contribution >= 4 is 0 Å². The summed E-state index contributed by atoms with van der Waals surface area (Å²) >= 11 is 0. The summed E-state index contributed by atoms with van der Waals surface area (Å²) in [5.74, 6) is 0.662. The first-order valence-corrected chi connectivity index (χ1v) is 14.8. The Labute approximate surface area is 213 Å². The summed E-state index contributed by atoms with van der Waals surface area (Å²) in [6.45, 7) is 16.9. The molecule has 6 aliphatic rings. The molecule has 6 rings (SSSR count). The van der Waals surface area contributed by atoms with E-state index in [9.17, 15) is 0 Å². The molecule has 6 nitrogen and oxygen atoms in total. The van der Waals surface area contributed by atoms with Crippen molar-refractivity contribution in [1.29, 1.82) is 0 Å². The fourth-order valence-corrected chi connectivity index (χ4v) is 7.16. The highest BCUT2D eigenvalue weighted by atomic mass is 16.5. The van der Waals surface area contributed by atoms with Gasteiger partial charge in [-0.1, -0.05) is 0 Å². The monoisotopic (exact) mass is 490 g/mol. The Morgan fingerprint density at radius 1 is 0.886 bits per heavy atom. The molecule has 2 aliphatic heterocycles. The Balaban J connectivity index is 0.942. The van der Waals surface area contributed by atoms with Gasteiger partial charge in [0.05, 0.1) is 50.8 Å². The third kappa shape index (κ3) is 5.49. The van der Waals surface area contributed by atoms with E-state index >= 15 is 0 Å². The summed E-state index contributed by atoms with van der Waals surface area (Å²) in [6, 6.07) is 0. The van der Waals surface area contributed by atoms with Crippen molar-refractivity contribution in [3.8, 4) is 0 Å². The van der Waals surface area contributed by atoms with E-state index in [0.29, 0.717) is 34.5 Å². The van der Waals surface area contributed by atoms with Crippen LogP contribution in [0.25, 0.3) is 0 Å². The van der Waals surface area contributed by atoms with E-state index in [2.05, 4.69) is 30.6 Å². The summed E-state index contributed by atoms with van der Waals surface area (Å²) in [7, 11) is 0. The summed E-state index contributed by atoms with van der Waals surface area (Å²) in [5, 5.41) is 0. The zero-order valence-corrected chi connectivity index (χ0v) is 22.7. The lowest BCUT2D eigenvalue weighted by molar-refractivity contribution is -0.119. The number of morpholine rings is 2. The van der Waals surface area contributed by atoms with Crippen LogP contribution in [0.3, 0.4) is 0 Å². The second kappa shape index (κ2) is 9.50. The molecule has 0 bridgehead atoms. The molecule has 0 amide bonds. The predicted molar refractivity (Wildman–Crippen MR) is 137 cm³/mol. The molecule has 6 fully saturated rings. The van der Waals surface area contributed by atoms with Gasteiger partial charge in [0.2, 0.25) is 0 Å². The molecule has 2 heterocycles. The highest BCUT2D eigenvalue weighted by Crippen LogP contribution is 2.54. The maximum absolute atomic E-state index is 6.54. The molecule has 0 aromatic rings. The van der Waals surface area contributed by atoms with Crippen molar-refractivity contribution in [3.63, 3.8) is 0 Å². The zero-order chi connectivity index (χ0) is 24.2. The molecule has 3 unspecified atom stereocenters. The topological polar surface area (TPSA) is 43.4 Å². The molecule has 35 heavy (non-hydrogen) atoms. The molecule has 4 saturated carbocycles. The molecule has 0 aromatic heterocycles. The second-order valence-electron chi connectivity index (χ2n) is 13.8. The Morgan fingerprint density at radius 2 is 1.63 bits per heavy atom. The van der Waals surface area contributed by atoms with E-state index in [1.807, 2.05) is 0 Å². The molecule has 0 aromatic carbocycles. The van der Waals surface area contributed by atoms with Gasteiger partial charge in [-0.05, 0) is 84.5 Å². The minimum atomic E-state index is 0.104. The molecule has 200 valence electrons. The van der Waals surface area contributed by atoms with Crippen molar-refractivity contribution < 1.29 is 18.9 Å². The Morgan fingerprint density at radius 3 is 2.31 bits per heavy atom. The van der Waals surface area contributed by atoms with Crippen LogP contribution >= 0.6 is 0 Å². The van der Waals surface area contributed by atoms with Crippen LogP contribution in [0.15, 0.2) is 0 Å². The Hall–Kier alpha value is -0.240. The van der Waals surface area contributed by atoms with E-state index in [4.69, 9.17) is 18.9 Å². The van der Waals surface area contributed by atoms with Gasteiger partial charge >= 0.3 is 0 Å². The largest absolute Gasteiger partial charge is 0.378 e. The quantitative estimate of drug-likeness (QED) is 0.410. The first-order valence-electron chi connectivity index (χ1n) is 14.8. The molecule has 2 saturated heterocycles. The molecular formula is C29H50N2O4. The number of hydrogen-bond donors (Lipinski definition) is 0. The summed E-state index contributed by atoms with van der Waals surface area (Å²) < 4.78 is 24.8. The first kappa shape index (κ1) is 25.1. The molecule has 0 radical (unpaired) electrons. The van der Waals surface area contributed by atoms with Crippen LogP contribution in [0.1, 0.15) is 78.6 Å². The Bertz CT molecular complexity index is 747. The molecule has 3 atom stereocenters. The van der Waals surface area contributed by atoms with Gasteiger partial charge in [-0.3, -0.25) is 9.80 Å². The van der Waals surface area contributed by atoms with E-state index in [1.165, 1.54) is 64.5 Å². The van der Waals surface area contributed by atoms with Crippen LogP contribution in [0.2, 0.25) is 0 Å². The van der Waals surface area contributed by atoms with Crippen molar-refractivity contribution in [2.45, 2.75) is 102 Å². The van der Waals surface area contributed by atoms with Gasteiger partial charge in [-0.25, -0.2) is 0 Å². The zero-order valence-electron chi connectivity index (χ0n) is 22.7. The van der Waals surface area contributed by atoms with Crippen molar-refractivity contribution in [2.24, 2.45) is 16.7 Å². The van der Waals surface area contributed by atoms with Crippen LogP contribution in [0.5, 0.6) is 0 Å². The smallest absolute Gasteiger partial charge is 0.0843 e. The van der Waals surface area contributed by atoms with E-state index in [1.54, 1.807) is 0 Å². The summed E-state index contributed by atoms with van der Waals surface area (Å²) in [5.41, 5.74) is 1.29. The number of nitrogens with zero attached hydrogens (tertiary/aromatic N) is 2. The minimum Gasteiger partial charge on any atom is -0.378 e. The Kier molecular flexibility index (Phi) is 6.80. The molecular weight excluding hydrogens is 440 g/mol. The lowest BCUT2D eigenvalue weighted by atomic mass is 9.74. The van der Waals surface area contributed by atoms with Crippen molar-refractivity contribution in [2.75, 3.05) is 65.8 Å². The predicted octanol–water partition coefficient (Wildman–Crippen LogP) is 4.11. The van der Waals surface area contributed by atoms with E-state index in [0.717, 1.165) is 59.1 Å². The molecule has 0 N–H and O–H groups in total. The normalized spacial score (nSPS) is 35.8. The van der Waals surface area contributed by atoms with Crippen molar-refractivity contribution in [1.82, 2.24) is 9.80 Å². The number of ether oxygens (including phenoxy) is 4. The van der Waals surface area contributed by atoms with Gasteiger partial charge < -0.3 is 18.9 Å². The first-order chi connectivity index (χ1) is 16.8. The number of rotatable bonds is 12. The van der Waals surface area contributed by atoms with Gasteiger partial charge in [0.25, 0.3) is 0 Å². The highest BCUT2D eigenvalue weighted by molar-refractivity contribution is 5.10. The lowest BCUT2D eigenvalue weighted by Crippen LogP contribution is -2.62. The average Bonchev–Trinajstić information content (AvgIpc) is 3.74. The summed E-state index contributed by atoms with van der Waals surface area (Å²) in [4.78, 5) is 5.46. The SMILES string of the molecule is CC(C)OCC1(CN2CCOC3(CC3CC(C)OCC3(CN4CCOCC45CCC5)CC3)C2)CC1. The van der Waals surface area contributed by atoms with Gasteiger partial charge in [0, 0.05) is 49.1 Å². The maximum Gasteiger partial charge on any atom is 0.0843 e. The fourth-order valence-electron chi connectivity index (χ4n) is 7.16. The van der Waals surface area contributed by atoms with Crippen LogP contribution in [0.4, 0.5) is 0 Å². The third-order valence-corrected chi connectivity index (χ3v) is 10.3. The fraction of sp³-hybridized carbons (Fsp3) is 1.00. The average molecular weight is 491 g/mol. The number of hydrogen-bond acceptors (Lipinski definition) is 6. The molecule has 6 heteroatoms. The molecule has 4 aliphatic carbocycles. The van der Waals surface area contributed by atoms with E-state index in [-0.39, 0.29) is 5.60 Å². The van der Waals surface area contributed by atoms with Gasteiger partial charge in [-0.2, -0.15) is 0 Å². The minimum absolute atomic E-state index is 0.104. The van der Waals surface area contributed by atoms with Crippen LogP contribution in [-0.2, 0) is 18.9 Å². The lowest BCUT2D eigenvalue weighted by Gasteiger charge is -2.53. The summed E-state index contributed by atoms with van der Waals surface area (Å²) in [6.07, 6.45) is 12.4. The third-order valence-electron chi connectivity index (χ3n) is 10.3.